The van der Waals surface area contributed by atoms with Gasteiger partial charge in [0.15, 0.2) is 0 Å². The molecule has 2 aromatic heterocycles. The summed E-state index contributed by atoms with van der Waals surface area (Å²) in [5.41, 5.74) is 2.99. The van der Waals surface area contributed by atoms with Crippen molar-refractivity contribution >= 4 is 22.5 Å². The molecule has 23 heavy (non-hydrogen) atoms. The molecular formula is C17H17N3O3. The number of aliphatic hydroxyl groups excluding tert-OH is 1. The molecule has 0 aliphatic heterocycles. The van der Waals surface area contributed by atoms with Crippen molar-refractivity contribution in [3.05, 3.63) is 54.0 Å². The van der Waals surface area contributed by atoms with Crippen LogP contribution >= 0.6 is 0 Å². The Morgan fingerprint density at radius 3 is 3.00 bits per heavy atom. The van der Waals surface area contributed by atoms with Gasteiger partial charge in [0.25, 0.3) is 0 Å². The zero-order chi connectivity index (χ0) is 16.2. The van der Waals surface area contributed by atoms with Gasteiger partial charge in [-0.3, -0.25) is 9.78 Å². The van der Waals surface area contributed by atoms with Gasteiger partial charge in [-0.25, -0.2) is 0 Å². The lowest BCUT2D eigenvalue weighted by Crippen LogP contribution is -2.15. The topological polar surface area (TPSA) is 87.2 Å². The summed E-state index contributed by atoms with van der Waals surface area (Å²) in [7, 11) is 1.61. The second kappa shape index (κ2) is 6.50. The standard InChI is InChI=1S/C17H17N3O3/c1-23-13-2-3-15-14(7-13)12(8-19-15)6-17(22)20-16-9-18-5-4-11(16)10-21/h2-5,7-9,19,21H,6,10H2,1H3,(H,20,22). The van der Waals surface area contributed by atoms with E-state index < -0.39 is 0 Å². The molecule has 1 aromatic carbocycles. The van der Waals surface area contributed by atoms with Crippen molar-refractivity contribution in [1.82, 2.24) is 9.97 Å². The van der Waals surface area contributed by atoms with Crippen LogP contribution in [0.25, 0.3) is 10.9 Å². The fraction of sp³-hybridized carbons (Fsp3) is 0.176. The maximum absolute atomic E-state index is 12.3. The minimum Gasteiger partial charge on any atom is -0.497 e. The Morgan fingerprint density at radius 2 is 2.22 bits per heavy atom. The number of aliphatic hydroxyl groups is 1. The first-order valence-electron chi connectivity index (χ1n) is 7.19. The normalized spacial score (nSPS) is 10.7. The highest BCUT2D eigenvalue weighted by Gasteiger charge is 2.11. The predicted octanol–water partition coefficient (Wildman–Crippen LogP) is 2.25. The van der Waals surface area contributed by atoms with E-state index in [4.69, 9.17) is 4.74 Å². The maximum Gasteiger partial charge on any atom is 0.228 e. The summed E-state index contributed by atoms with van der Waals surface area (Å²) in [6.45, 7) is -0.150. The molecule has 6 heteroatoms. The number of anilines is 1. The fourth-order valence-corrected chi connectivity index (χ4v) is 2.47. The number of methoxy groups -OCH3 is 1. The van der Waals surface area contributed by atoms with E-state index >= 15 is 0 Å². The highest BCUT2D eigenvalue weighted by atomic mass is 16.5. The molecule has 0 fully saturated rings. The average molecular weight is 311 g/mol. The summed E-state index contributed by atoms with van der Waals surface area (Å²) in [5.74, 6) is 0.574. The van der Waals surface area contributed by atoms with E-state index in [9.17, 15) is 9.90 Å². The molecule has 0 spiro atoms. The smallest absolute Gasteiger partial charge is 0.228 e. The molecule has 0 saturated heterocycles. The van der Waals surface area contributed by atoms with E-state index in [2.05, 4.69) is 15.3 Å². The van der Waals surface area contributed by atoms with Gasteiger partial charge in [-0.1, -0.05) is 0 Å². The Hall–Kier alpha value is -2.86. The van der Waals surface area contributed by atoms with Gasteiger partial charge >= 0.3 is 0 Å². The molecule has 0 bridgehead atoms. The minimum atomic E-state index is -0.170. The van der Waals surface area contributed by atoms with Gasteiger partial charge in [-0.2, -0.15) is 0 Å². The summed E-state index contributed by atoms with van der Waals surface area (Å²) in [6.07, 6.45) is 5.14. The number of rotatable bonds is 5. The van der Waals surface area contributed by atoms with Crippen molar-refractivity contribution in [2.75, 3.05) is 12.4 Å². The molecule has 0 aliphatic rings. The van der Waals surface area contributed by atoms with Crippen LogP contribution in [0, 0.1) is 0 Å². The summed E-state index contributed by atoms with van der Waals surface area (Å²) in [6, 6.07) is 7.36. The van der Waals surface area contributed by atoms with Crippen molar-refractivity contribution in [2.24, 2.45) is 0 Å². The SMILES string of the molecule is COc1ccc2[nH]cc(CC(=O)Nc3cnccc3CO)c2c1. The minimum absolute atomic E-state index is 0.150. The van der Waals surface area contributed by atoms with Crippen molar-refractivity contribution in [1.29, 1.82) is 0 Å². The molecule has 0 radical (unpaired) electrons. The summed E-state index contributed by atoms with van der Waals surface area (Å²) < 4.78 is 5.23. The van der Waals surface area contributed by atoms with E-state index in [1.807, 2.05) is 24.4 Å². The van der Waals surface area contributed by atoms with E-state index in [1.54, 1.807) is 19.4 Å². The van der Waals surface area contributed by atoms with Gasteiger partial charge in [0.1, 0.15) is 5.75 Å². The molecule has 0 aliphatic carbocycles. The first-order chi connectivity index (χ1) is 11.2. The number of hydrogen-bond donors (Lipinski definition) is 3. The van der Waals surface area contributed by atoms with Gasteiger partial charge in [0, 0.05) is 28.9 Å². The van der Waals surface area contributed by atoms with Crippen molar-refractivity contribution in [3.63, 3.8) is 0 Å². The van der Waals surface area contributed by atoms with Crippen LogP contribution in [0.4, 0.5) is 5.69 Å². The number of aromatic nitrogens is 2. The Morgan fingerprint density at radius 1 is 1.35 bits per heavy atom. The molecule has 6 nitrogen and oxygen atoms in total. The van der Waals surface area contributed by atoms with Gasteiger partial charge in [0.05, 0.1) is 32.0 Å². The molecule has 2 heterocycles. The number of aromatic amines is 1. The number of nitrogens with one attached hydrogen (secondary N) is 2. The quantitative estimate of drug-likeness (QED) is 0.674. The second-order valence-electron chi connectivity index (χ2n) is 5.14. The number of carbonyl (C=O) groups is 1. The largest absolute Gasteiger partial charge is 0.497 e. The molecular weight excluding hydrogens is 294 g/mol. The summed E-state index contributed by atoms with van der Waals surface area (Å²) in [5, 5.41) is 13.0. The van der Waals surface area contributed by atoms with Gasteiger partial charge in [-0.15, -0.1) is 0 Å². The zero-order valence-electron chi connectivity index (χ0n) is 12.7. The average Bonchev–Trinajstić information content (AvgIpc) is 2.97. The third kappa shape index (κ3) is 3.17. The number of benzene rings is 1. The number of pyridine rings is 1. The van der Waals surface area contributed by atoms with Gasteiger partial charge in [-0.05, 0) is 29.8 Å². The number of ether oxygens (including phenoxy) is 1. The van der Waals surface area contributed by atoms with Gasteiger partial charge < -0.3 is 20.1 Å². The Balaban J connectivity index is 1.80. The molecule has 1 amide bonds. The van der Waals surface area contributed by atoms with Gasteiger partial charge in [0.2, 0.25) is 5.91 Å². The van der Waals surface area contributed by atoms with Crippen molar-refractivity contribution < 1.29 is 14.6 Å². The number of hydrogen-bond acceptors (Lipinski definition) is 4. The van der Waals surface area contributed by atoms with E-state index in [0.717, 1.165) is 22.2 Å². The van der Waals surface area contributed by atoms with Crippen LogP contribution in [0.1, 0.15) is 11.1 Å². The number of carbonyl (C=O) groups excluding carboxylic acids is 1. The fourth-order valence-electron chi connectivity index (χ4n) is 2.47. The third-order valence-corrected chi connectivity index (χ3v) is 3.68. The molecule has 3 rings (SSSR count). The molecule has 0 atom stereocenters. The van der Waals surface area contributed by atoms with E-state index in [-0.39, 0.29) is 18.9 Å². The van der Waals surface area contributed by atoms with Crippen LogP contribution < -0.4 is 10.1 Å². The lowest BCUT2D eigenvalue weighted by molar-refractivity contribution is -0.115. The number of H-pyrrole nitrogens is 1. The van der Waals surface area contributed by atoms with Crippen LogP contribution in [0.2, 0.25) is 0 Å². The lowest BCUT2D eigenvalue weighted by Gasteiger charge is -2.08. The van der Waals surface area contributed by atoms with E-state index in [1.165, 1.54) is 6.20 Å². The molecule has 0 saturated carbocycles. The Labute approximate surface area is 133 Å². The van der Waals surface area contributed by atoms with Crippen molar-refractivity contribution in [3.8, 4) is 5.75 Å². The molecule has 0 unspecified atom stereocenters. The van der Waals surface area contributed by atoms with Crippen LogP contribution in [0.3, 0.4) is 0 Å². The first kappa shape index (κ1) is 15.1. The predicted molar refractivity (Wildman–Crippen MR) is 87.3 cm³/mol. The molecule has 3 N–H and O–H groups in total. The lowest BCUT2D eigenvalue weighted by atomic mass is 10.1. The highest BCUT2D eigenvalue weighted by molar-refractivity contribution is 5.96. The van der Waals surface area contributed by atoms with Crippen molar-refractivity contribution in [2.45, 2.75) is 13.0 Å². The maximum atomic E-state index is 12.3. The second-order valence-corrected chi connectivity index (χ2v) is 5.14. The Bertz CT molecular complexity index is 842. The Kier molecular flexibility index (Phi) is 4.25. The summed E-state index contributed by atoms with van der Waals surface area (Å²) >= 11 is 0. The molecule has 118 valence electrons. The number of fused-ring (bicyclic) bond motifs is 1. The highest BCUT2D eigenvalue weighted by Crippen LogP contribution is 2.24. The monoisotopic (exact) mass is 311 g/mol. The summed E-state index contributed by atoms with van der Waals surface area (Å²) in [4.78, 5) is 19.4. The van der Waals surface area contributed by atoms with Crippen LogP contribution in [0.5, 0.6) is 5.75 Å². The number of amides is 1. The van der Waals surface area contributed by atoms with Crippen LogP contribution in [-0.4, -0.2) is 28.1 Å². The van der Waals surface area contributed by atoms with E-state index in [0.29, 0.717) is 11.3 Å². The van der Waals surface area contributed by atoms with Crippen LogP contribution in [0.15, 0.2) is 42.9 Å². The first-order valence-corrected chi connectivity index (χ1v) is 7.19. The van der Waals surface area contributed by atoms with Crippen LogP contribution in [-0.2, 0) is 17.8 Å². The zero-order valence-corrected chi connectivity index (χ0v) is 12.7. The number of nitrogens with zero attached hydrogens (tertiary/aromatic N) is 1. The third-order valence-electron chi connectivity index (χ3n) is 3.68. The molecule has 3 aromatic rings.